The van der Waals surface area contributed by atoms with Crippen molar-refractivity contribution in [1.29, 1.82) is 0 Å². The van der Waals surface area contributed by atoms with E-state index in [1.807, 2.05) is 0 Å². The van der Waals surface area contributed by atoms with Crippen molar-refractivity contribution in [2.45, 2.75) is 12.1 Å². The predicted molar refractivity (Wildman–Crippen MR) is 82.9 cm³/mol. The second kappa shape index (κ2) is 6.23. The molecular weight excluding hydrogens is 339 g/mol. The maximum absolute atomic E-state index is 13.8. The number of alkyl halides is 5. The fourth-order valence-corrected chi connectivity index (χ4v) is 2.23. The van der Waals surface area contributed by atoms with Gasteiger partial charge in [-0.15, -0.1) is 0 Å². The Morgan fingerprint density at radius 1 is 0.640 bits per heavy atom. The van der Waals surface area contributed by atoms with E-state index in [-0.39, 0.29) is 11.5 Å². The third kappa shape index (κ3) is 3.35. The zero-order valence-electron chi connectivity index (χ0n) is 12.6. The Hall–Kier alpha value is -2.83. The van der Waals surface area contributed by atoms with E-state index in [2.05, 4.69) is 9.97 Å². The number of rotatable bonds is 3. The summed E-state index contributed by atoms with van der Waals surface area (Å²) < 4.78 is 66.0. The molecule has 0 saturated heterocycles. The highest BCUT2D eigenvalue weighted by atomic mass is 19.4. The Morgan fingerprint density at radius 3 is 1.68 bits per heavy atom. The molecule has 0 aliphatic heterocycles. The van der Waals surface area contributed by atoms with Crippen molar-refractivity contribution in [3.63, 3.8) is 0 Å². The third-order valence-electron chi connectivity index (χ3n) is 3.51. The van der Waals surface area contributed by atoms with Gasteiger partial charge in [-0.3, -0.25) is 0 Å². The number of benzene rings is 2. The summed E-state index contributed by atoms with van der Waals surface area (Å²) >= 11 is 0. The average molecular weight is 350 g/mol. The van der Waals surface area contributed by atoms with Gasteiger partial charge in [0.15, 0.2) is 5.82 Å². The second-order valence-electron chi connectivity index (χ2n) is 5.27. The van der Waals surface area contributed by atoms with Crippen molar-refractivity contribution in [2.24, 2.45) is 0 Å². The van der Waals surface area contributed by atoms with Crippen molar-refractivity contribution in [3.05, 3.63) is 72.4 Å². The van der Waals surface area contributed by atoms with Crippen molar-refractivity contribution in [1.82, 2.24) is 9.97 Å². The summed E-state index contributed by atoms with van der Waals surface area (Å²) in [6.45, 7) is 0. The number of halogens is 5. The van der Waals surface area contributed by atoms with Gasteiger partial charge in [-0.05, 0) is 6.07 Å². The van der Waals surface area contributed by atoms with Gasteiger partial charge in [-0.25, -0.2) is 9.97 Å². The average Bonchev–Trinajstić information content (AvgIpc) is 2.62. The SMILES string of the molecule is FC(F)(F)C(F)(F)c1cc(-c2ccccc2)nc(-c2ccccc2)n1. The largest absolute Gasteiger partial charge is 0.459 e. The number of nitrogens with zero attached hydrogens (tertiary/aromatic N) is 2. The summed E-state index contributed by atoms with van der Waals surface area (Å²) in [7, 11) is 0. The predicted octanol–water partition coefficient (Wildman–Crippen LogP) is 5.46. The minimum absolute atomic E-state index is 0.00613. The maximum Gasteiger partial charge on any atom is 0.459 e. The zero-order chi connectivity index (χ0) is 18.1. The molecule has 0 aliphatic rings. The van der Waals surface area contributed by atoms with Gasteiger partial charge in [0, 0.05) is 11.1 Å². The Morgan fingerprint density at radius 2 is 1.16 bits per heavy atom. The summed E-state index contributed by atoms with van der Waals surface area (Å²) in [4.78, 5) is 7.64. The fourth-order valence-electron chi connectivity index (χ4n) is 2.23. The second-order valence-corrected chi connectivity index (χ2v) is 5.27. The maximum atomic E-state index is 13.8. The molecular formula is C18H11F5N2. The molecule has 0 radical (unpaired) electrons. The molecule has 3 rings (SSSR count). The number of hydrogen-bond donors (Lipinski definition) is 0. The molecule has 0 atom stereocenters. The molecule has 128 valence electrons. The highest BCUT2D eigenvalue weighted by molar-refractivity contribution is 5.64. The molecule has 2 aromatic carbocycles. The van der Waals surface area contributed by atoms with Crippen molar-refractivity contribution in [2.75, 3.05) is 0 Å². The molecule has 0 spiro atoms. The minimum atomic E-state index is -5.75. The molecule has 0 bridgehead atoms. The lowest BCUT2D eigenvalue weighted by Gasteiger charge is -2.20. The molecule has 0 unspecified atom stereocenters. The number of hydrogen-bond acceptors (Lipinski definition) is 2. The van der Waals surface area contributed by atoms with Crippen LogP contribution in [0.5, 0.6) is 0 Å². The fraction of sp³-hybridized carbons (Fsp3) is 0.111. The first-order valence-electron chi connectivity index (χ1n) is 7.24. The first kappa shape index (κ1) is 17.0. The van der Waals surface area contributed by atoms with Crippen LogP contribution < -0.4 is 0 Å². The lowest BCUT2D eigenvalue weighted by Crippen LogP contribution is -2.34. The van der Waals surface area contributed by atoms with E-state index in [9.17, 15) is 22.0 Å². The molecule has 2 nitrogen and oxygen atoms in total. The third-order valence-corrected chi connectivity index (χ3v) is 3.51. The van der Waals surface area contributed by atoms with Crippen LogP contribution in [0.3, 0.4) is 0 Å². The molecule has 1 heterocycles. The van der Waals surface area contributed by atoms with Crippen LogP contribution in [0.25, 0.3) is 22.6 Å². The van der Waals surface area contributed by atoms with E-state index < -0.39 is 17.8 Å². The van der Waals surface area contributed by atoms with E-state index in [0.29, 0.717) is 17.2 Å². The van der Waals surface area contributed by atoms with Crippen LogP contribution in [0.4, 0.5) is 22.0 Å². The quantitative estimate of drug-likeness (QED) is 0.586. The molecule has 0 N–H and O–H groups in total. The van der Waals surface area contributed by atoms with E-state index in [1.54, 1.807) is 60.7 Å². The van der Waals surface area contributed by atoms with Gasteiger partial charge in [-0.1, -0.05) is 60.7 Å². The van der Waals surface area contributed by atoms with Crippen LogP contribution in [-0.4, -0.2) is 16.1 Å². The van der Waals surface area contributed by atoms with E-state index in [4.69, 9.17) is 0 Å². The van der Waals surface area contributed by atoms with E-state index in [1.165, 1.54) is 0 Å². The van der Waals surface area contributed by atoms with Crippen LogP contribution in [0.1, 0.15) is 5.69 Å². The van der Waals surface area contributed by atoms with Gasteiger partial charge in [0.1, 0.15) is 5.69 Å². The Kier molecular flexibility index (Phi) is 4.24. The highest BCUT2D eigenvalue weighted by Crippen LogP contribution is 2.44. The van der Waals surface area contributed by atoms with Crippen LogP contribution in [0, 0.1) is 0 Å². The summed E-state index contributed by atoms with van der Waals surface area (Å²) in [5.74, 6) is -5.27. The minimum Gasteiger partial charge on any atom is -0.228 e. The normalized spacial score (nSPS) is 12.2. The van der Waals surface area contributed by atoms with Crippen LogP contribution in [-0.2, 0) is 5.92 Å². The van der Waals surface area contributed by atoms with Gasteiger partial charge >= 0.3 is 12.1 Å². The molecule has 25 heavy (non-hydrogen) atoms. The van der Waals surface area contributed by atoms with Gasteiger partial charge in [0.25, 0.3) is 0 Å². The molecule has 0 aliphatic carbocycles. The van der Waals surface area contributed by atoms with E-state index >= 15 is 0 Å². The van der Waals surface area contributed by atoms with Crippen molar-refractivity contribution < 1.29 is 22.0 Å². The Balaban J connectivity index is 2.23. The molecule has 0 fully saturated rings. The Labute approximate surface area is 140 Å². The smallest absolute Gasteiger partial charge is 0.228 e. The summed E-state index contributed by atoms with van der Waals surface area (Å²) in [5.41, 5.74) is -0.623. The van der Waals surface area contributed by atoms with Crippen LogP contribution in [0.2, 0.25) is 0 Å². The first-order chi connectivity index (χ1) is 11.8. The highest BCUT2D eigenvalue weighted by Gasteiger charge is 2.60. The lowest BCUT2D eigenvalue weighted by molar-refractivity contribution is -0.290. The van der Waals surface area contributed by atoms with Gasteiger partial charge in [0.05, 0.1) is 5.69 Å². The summed E-state index contributed by atoms with van der Waals surface area (Å²) in [6.07, 6.45) is -5.75. The van der Waals surface area contributed by atoms with Gasteiger partial charge in [-0.2, -0.15) is 22.0 Å². The standard InChI is InChI=1S/C18H11F5N2/c19-17(20,18(21,22)23)15-11-14(12-7-3-1-4-8-12)24-16(25-15)13-9-5-2-6-10-13/h1-11H. The summed E-state index contributed by atoms with van der Waals surface area (Å²) in [5, 5.41) is 0. The lowest BCUT2D eigenvalue weighted by atomic mass is 10.1. The van der Waals surface area contributed by atoms with E-state index in [0.717, 1.165) is 0 Å². The first-order valence-corrected chi connectivity index (χ1v) is 7.24. The van der Waals surface area contributed by atoms with Crippen LogP contribution >= 0.6 is 0 Å². The Bertz CT molecular complexity index is 804. The monoisotopic (exact) mass is 350 g/mol. The van der Waals surface area contributed by atoms with Crippen LogP contribution in [0.15, 0.2) is 66.7 Å². The summed E-state index contributed by atoms with van der Waals surface area (Å²) in [6, 6.07) is 16.8. The zero-order valence-corrected chi connectivity index (χ0v) is 12.6. The topological polar surface area (TPSA) is 25.8 Å². The van der Waals surface area contributed by atoms with Crippen molar-refractivity contribution in [3.8, 4) is 22.6 Å². The van der Waals surface area contributed by atoms with Gasteiger partial charge in [0.2, 0.25) is 0 Å². The molecule has 0 saturated carbocycles. The molecule has 7 heteroatoms. The molecule has 3 aromatic rings. The molecule has 1 aromatic heterocycles. The molecule has 0 amide bonds. The number of aromatic nitrogens is 2. The van der Waals surface area contributed by atoms with Gasteiger partial charge < -0.3 is 0 Å². The van der Waals surface area contributed by atoms with Crippen molar-refractivity contribution >= 4 is 0 Å².